The summed E-state index contributed by atoms with van der Waals surface area (Å²) in [5.41, 5.74) is 3.48. The fourth-order valence-electron chi connectivity index (χ4n) is 5.04. The van der Waals surface area contributed by atoms with Crippen LogP contribution in [0.1, 0.15) is 36.1 Å². The molecule has 44 heavy (non-hydrogen) atoms. The van der Waals surface area contributed by atoms with Crippen LogP contribution >= 0.6 is 0 Å². The number of anilines is 1. The summed E-state index contributed by atoms with van der Waals surface area (Å²) >= 11 is 0. The second-order valence-corrected chi connectivity index (χ2v) is 12.4. The molecule has 0 saturated carbocycles. The maximum absolute atomic E-state index is 14.4. The molecule has 0 radical (unpaired) electrons. The van der Waals surface area contributed by atoms with Crippen molar-refractivity contribution in [2.45, 2.75) is 51.1 Å². The molecule has 1 unspecified atom stereocenters. The zero-order chi connectivity index (χ0) is 31.7. The first-order valence-electron chi connectivity index (χ1n) is 14.7. The molecule has 0 saturated heterocycles. The molecule has 0 aliphatic heterocycles. The van der Waals surface area contributed by atoms with Gasteiger partial charge in [0.25, 0.3) is 10.0 Å². The third-order valence-corrected chi connectivity index (χ3v) is 9.19. The van der Waals surface area contributed by atoms with Gasteiger partial charge in [-0.05, 0) is 67.3 Å². The van der Waals surface area contributed by atoms with E-state index in [2.05, 4.69) is 5.32 Å². The standard InChI is InChI=1S/C35H38FN3O4S/c1-4-29-13-9-10-14-32(29)39(44(42,43)31-21-15-26(3)16-22-31)25-34(40)38(24-28-17-19-30(36)20-18-28)33(35(41)37-5-2)23-27-11-7-6-8-12-27/h6-22,33H,4-5,23-25H2,1-3H3,(H,37,41). The number of amides is 2. The maximum Gasteiger partial charge on any atom is 0.264 e. The van der Waals surface area contributed by atoms with Crippen molar-refractivity contribution < 1.29 is 22.4 Å². The number of nitrogens with zero attached hydrogens (tertiary/aromatic N) is 2. The largest absolute Gasteiger partial charge is 0.355 e. The Morgan fingerprint density at radius 3 is 2.09 bits per heavy atom. The molecule has 7 nitrogen and oxygen atoms in total. The smallest absolute Gasteiger partial charge is 0.264 e. The van der Waals surface area contributed by atoms with Gasteiger partial charge in [-0.15, -0.1) is 0 Å². The van der Waals surface area contributed by atoms with Crippen molar-refractivity contribution in [2.24, 2.45) is 0 Å². The summed E-state index contributed by atoms with van der Waals surface area (Å²) in [5, 5.41) is 2.84. The lowest BCUT2D eigenvalue weighted by Gasteiger charge is -2.34. The van der Waals surface area contributed by atoms with Gasteiger partial charge < -0.3 is 10.2 Å². The number of para-hydroxylation sites is 1. The number of rotatable bonds is 13. The molecule has 0 fully saturated rings. The van der Waals surface area contributed by atoms with Crippen LogP contribution < -0.4 is 9.62 Å². The highest BCUT2D eigenvalue weighted by atomic mass is 32.2. The molecule has 230 valence electrons. The molecule has 0 aromatic heterocycles. The second kappa shape index (κ2) is 14.8. The molecule has 4 aromatic carbocycles. The van der Waals surface area contributed by atoms with Crippen molar-refractivity contribution in [3.05, 3.63) is 131 Å². The number of hydrogen-bond acceptors (Lipinski definition) is 4. The Bertz CT molecular complexity index is 1660. The average molecular weight is 616 g/mol. The molecule has 4 rings (SSSR count). The highest BCUT2D eigenvalue weighted by Gasteiger charge is 2.35. The summed E-state index contributed by atoms with van der Waals surface area (Å²) in [5.74, 6) is -1.36. The average Bonchev–Trinajstić information content (AvgIpc) is 3.03. The van der Waals surface area contributed by atoms with E-state index in [-0.39, 0.29) is 23.8 Å². The maximum atomic E-state index is 14.4. The highest BCUT2D eigenvalue weighted by Crippen LogP contribution is 2.28. The summed E-state index contributed by atoms with van der Waals surface area (Å²) in [4.78, 5) is 29.4. The third kappa shape index (κ3) is 7.90. The molecule has 0 aliphatic carbocycles. The van der Waals surface area contributed by atoms with Gasteiger partial charge in [-0.2, -0.15) is 0 Å². The van der Waals surface area contributed by atoms with Crippen molar-refractivity contribution in [3.8, 4) is 0 Å². The van der Waals surface area contributed by atoms with Crippen LogP contribution in [-0.2, 0) is 39.0 Å². The minimum absolute atomic E-state index is 0.0262. The number of carbonyl (C=O) groups excluding carboxylic acids is 2. The molecular weight excluding hydrogens is 577 g/mol. The Labute approximate surface area is 259 Å². The molecule has 1 atom stereocenters. The van der Waals surface area contributed by atoms with Crippen LogP contribution in [0.3, 0.4) is 0 Å². The Morgan fingerprint density at radius 1 is 0.818 bits per heavy atom. The zero-order valence-corrected chi connectivity index (χ0v) is 26.1. The molecule has 1 N–H and O–H groups in total. The first kappa shape index (κ1) is 32.4. The lowest BCUT2D eigenvalue weighted by Crippen LogP contribution is -2.53. The fraction of sp³-hybridized carbons (Fsp3) is 0.257. The SMILES string of the molecule is CCNC(=O)C(Cc1ccccc1)N(Cc1ccc(F)cc1)C(=O)CN(c1ccccc1CC)S(=O)(=O)c1ccc(C)cc1. The van der Waals surface area contributed by atoms with Crippen LogP contribution in [0.15, 0.2) is 108 Å². The van der Waals surface area contributed by atoms with Crippen molar-refractivity contribution in [3.63, 3.8) is 0 Å². The predicted octanol–water partition coefficient (Wildman–Crippen LogP) is 5.67. The zero-order valence-electron chi connectivity index (χ0n) is 25.2. The molecule has 0 bridgehead atoms. The quantitative estimate of drug-likeness (QED) is 0.210. The fourth-order valence-corrected chi connectivity index (χ4v) is 6.49. The normalized spacial score (nSPS) is 11.9. The van der Waals surface area contributed by atoms with Crippen LogP contribution in [0.4, 0.5) is 10.1 Å². The summed E-state index contributed by atoms with van der Waals surface area (Å²) in [6.07, 6.45) is 0.745. The molecule has 0 heterocycles. The molecule has 0 spiro atoms. The van der Waals surface area contributed by atoms with Gasteiger partial charge in [-0.25, -0.2) is 12.8 Å². The van der Waals surface area contributed by atoms with E-state index in [9.17, 15) is 22.4 Å². The summed E-state index contributed by atoms with van der Waals surface area (Å²) in [7, 11) is -4.19. The van der Waals surface area contributed by atoms with Gasteiger partial charge in [0.2, 0.25) is 11.8 Å². The third-order valence-electron chi connectivity index (χ3n) is 7.42. The highest BCUT2D eigenvalue weighted by molar-refractivity contribution is 7.92. The van der Waals surface area contributed by atoms with Gasteiger partial charge in [-0.3, -0.25) is 13.9 Å². The first-order chi connectivity index (χ1) is 21.1. The Balaban J connectivity index is 1.82. The minimum Gasteiger partial charge on any atom is -0.355 e. The Hall–Kier alpha value is -4.50. The Morgan fingerprint density at radius 2 is 1.45 bits per heavy atom. The van der Waals surface area contributed by atoms with E-state index in [0.29, 0.717) is 24.2 Å². The van der Waals surface area contributed by atoms with Gasteiger partial charge in [0, 0.05) is 19.5 Å². The van der Waals surface area contributed by atoms with E-state index in [1.54, 1.807) is 43.3 Å². The number of halogens is 1. The van der Waals surface area contributed by atoms with Crippen LogP contribution in [0.5, 0.6) is 0 Å². The molecular formula is C35H38FN3O4S. The minimum atomic E-state index is -4.19. The lowest BCUT2D eigenvalue weighted by molar-refractivity contribution is -0.140. The molecule has 0 aliphatic rings. The van der Waals surface area contributed by atoms with Crippen LogP contribution in [-0.4, -0.2) is 44.3 Å². The first-order valence-corrected chi connectivity index (χ1v) is 16.1. The monoisotopic (exact) mass is 615 g/mol. The number of aryl methyl sites for hydroxylation is 2. The number of sulfonamides is 1. The number of hydrogen-bond donors (Lipinski definition) is 1. The lowest BCUT2D eigenvalue weighted by atomic mass is 10.0. The number of benzene rings is 4. The van der Waals surface area contributed by atoms with E-state index < -0.39 is 34.3 Å². The molecule has 4 aromatic rings. The van der Waals surface area contributed by atoms with Crippen molar-refractivity contribution >= 4 is 27.5 Å². The van der Waals surface area contributed by atoms with E-state index in [4.69, 9.17) is 0 Å². The van der Waals surface area contributed by atoms with Crippen molar-refractivity contribution in [1.82, 2.24) is 10.2 Å². The van der Waals surface area contributed by atoms with Crippen LogP contribution in [0.2, 0.25) is 0 Å². The van der Waals surface area contributed by atoms with Gasteiger partial charge in [0.15, 0.2) is 0 Å². The van der Waals surface area contributed by atoms with E-state index >= 15 is 0 Å². The summed E-state index contributed by atoms with van der Waals surface area (Å²) in [6, 6.07) is 27.6. The molecule has 9 heteroatoms. The van der Waals surface area contributed by atoms with E-state index in [1.807, 2.05) is 56.3 Å². The van der Waals surface area contributed by atoms with E-state index in [1.165, 1.54) is 29.2 Å². The number of nitrogens with one attached hydrogen (secondary N) is 1. The van der Waals surface area contributed by atoms with Crippen LogP contribution in [0.25, 0.3) is 0 Å². The van der Waals surface area contributed by atoms with Gasteiger partial charge >= 0.3 is 0 Å². The van der Waals surface area contributed by atoms with Crippen molar-refractivity contribution in [2.75, 3.05) is 17.4 Å². The summed E-state index contributed by atoms with van der Waals surface area (Å²) in [6.45, 7) is 5.36. The predicted molar refractivity (Wildman–Crippen MR) is 171 cm³/mol. The molecule has 2 amide bonds. The van der Waals surface area contributed by atoms with Gasteiger partial charge in [0.1, 0.15) is 18.4 Å². The Kier molecular flexibility index (Phi) is 10.9. The second-order valence-electron chi connectivity index (χ2n) is 10.6. The topological polar surface area (TPSA) is 86.8 Å². The number of likely N-dealkylation sites (N-methyl/N-ethyl adjacent to an activating group) is 1. The van der Waals surface area contributed by atoms with Gasteiger partial charge in [0.05, 0.1) is 10.6 Å². The van der Waals surface area contributed by atoms with Crippen LogP contribution in [0, 0.1) is 12.7 Å². The summed E-state index contributed by atoms with van der Waals surface area (Å²) < 4.78 is 43.3. The van der Waals surface area contributed by atoms with Crippen molar-refractivity contribution in [1.29, 1.82) is 0 Å². The number of carbonyl (C=O) groups is 2. The van der Waals surface area contributed by atoms with Gasteiger partial charge in [-0.1, -0.05) is 85.3 Å². The van der Waals surface area contributed by atoms with E-state index in [0.717, 1.165) is 21.0 Å².